The van der Waals surface area contributed by atoms with Crippen molar-refractivity contribution in [3.63, 3.8) is 0 Å². The molecule has 90 valence electrons. The predicted molar refractivity (Wildman–Crippen MR) is 75.2 cm³/mol. The van der Waals surface area contributed by atoms with E-state index in [0.29, 0.717) is 6.42 Å². The van der Waals surface area contributed by atoms with Crippen LogP contribution in [-0.2, 0) is 6.42 Å². The van der Waals surface area contributed by atoms with Crippen LogP contribution in [0.1, 0.15) is 11.1 Å². The summed E-state index contributed by atoms with van der Waals surface area (Å²) in [6.45, 7) is 2.07. The van der Waals surface area contributed by atoms with Gasteiger partial charge in [0.15, 0.2) is 0 Å². The molecule has 1 N–H and O–H groups in total. The second kappa shape index (κ2) is 5.53. The molecule has 1 atom stereocenters. The molecule has 0 aliphatic heterocycles. The van der Waals surface area contributed by atoms with Crippen molar-refractivity contribution in [2.75, 3.05) is 0 Å². The SMILES string of the molecule is C#CC(O)Cc1cccc(-c2ccccc2)c1C. The van der Waals surface area contributed by atoms with Gasteiger partial charge in [-0.15, -0.1) is 6.42 Å². The highest BCUT2D eigenvalue weighted by Crippen LogP contribution is 2.26. The maximum Gasteiger partial charge on any atom is 0.118 e. The molecule has 0 heterocycles. The van der Waals surface area contributed by atoms with Gasteiger partial charge in [-0.1, -0.05) is 54.5 Å². The molecule has 1 nitrogen and oxygen atoms in total. The molecule has 0 radical (unpaired) electrons. The van der Waals surface area contributed by atoms with Gasteiger partial charge in [-0.05, 0) is 29.2 Å². The summed E-state index contributed by atoms with van der Waals surface area (Å²) in [5.74, 6) is 2.36. The Bertz CT molecular complexity index is 564. The average molecular weight is 236 g/mol. The van der Waals surface area contributed by atoms with Crippen LogP contribution >= 0.6 is 0 Å². The first-order chi connectivity index (χ1) is 8.72. The Kier molecular flexibility index (Phi) is 3.82. The highest BCUT2D eigenvalue weighted by molar-refractivity contribution is 5.68. The Hall–Kier alpha value is -2.04. The topological polar surface area (TPSA) is 20.2 Å². The Labute approximate surface area is 108 Å². The maximum absolute atomic E-state index is 9.56. The van der Waals surface area contributed by atoms with E-state index >= 15 is 0 Å². The molecule has 18 heavy (non-hydrogen) atoms. The van der Waals surface area contributed by atoms with E-state index in [-0.39, 0.29) is 0 Å². The predicted octanol–water partition coefficient (Wildman–Crippen LogP) is 3.20. The van der Waals surface area contributed by atoms with E-state index < -0.39 is 6.10 Å². The number of hydrogen-bond donors (Lipinski definition) is 1. The molecule has 0 saturated carbocycles. The van der Waals surface area contributed by atoms with Crippen LogP contribution in [0.4, 0.5) is 0 Å². The molecule has 1 heteroatoms. The zero-order valence-corrected chi connectivity index (χ0v) is 10.4. The number of terminal acetylenes is 1. The van der Waals surface area contributed by atoms with Gasteiger partial charge < -0.3 is 5.11 Å². The first-order valence-electron chi connectivity index (χ1n) is 6.00. The van der Waals surface area contributed by atoms with E-state index in [0.717, 1.165) is 5.56 Å². The Balaban J connectivity index is 2.40. The first-order valence-corrected chi connectivity index (χ1v) is 6.00. The molecule has 0 aliphatic carbocycles. The molecule has 1 unspecified atom stereocenters. The minimum Gasteiger partial charge on any atom is -0.380 e. The lowest BCUT2D eigenvalue weighted by Crippen LogP contribution is -2.08. The second-order valence-corrected chi connectivity index (χ2v) is 4.34. The van der Waals surface area contributed by atoms with Crippen molar-refractivity contribution in [3.8, 4) is 23.5 Å². The number of aliphatic hydroxyl groups is 1. The van der Waals surface area contributed by atoms with Crippen LogP contribution in [0.25, 0.3) is 11.1 Å². The van der Waals surface area contributed by atoms with Gasteiger partial charge in [-0.25, -0.2) is 0 Å². The van der Waals surface area contributed by atoms with Crippen LogP contribution in [0.3, 0.4) is 0 Å². The number of hydrogen-bond acceptors (Lipinski definition) is 1. The minimum absolute atomic E-state index is 0.503. The molecule has 2 rings (SSSR count). The van der Waals surface area contributed by atoms with E-state index in [2.05, 4.69) is 31.0 Å². The van der Waals surface area contributed by atoms with Gasteiger partial charge in [-0.2, -0.15) is 0 Å². The van der Waals surface area contributed by atoms with Crippen LogP contribution in [-0.4, -0.2) is 11.2 Å². The summed E-state index contributed by atoms with van der Waals surface area (Å²) in [4.78, 5) is 0. The summed E-state index contributed by atoms with van der Waals surface area (Å²) < 4.78 is 0. The fraction of sp³-hybridized carbons (Fsp3) is 0.176. The summed E-state index contributed by atoms with van der Waals surface area (Å²) in [6, 6.07) is 16.3. The van der Waals surface area contributed by atoms with E-state index in [4.69, 9.17) is 6.42 Å². The zero-order chi connectivity index (χ0) is 13.0. The lowest BCUT2D eigenvalue weighted by molar-refractivity contribution is 0.233. The van der Waals surface area contributed by atoms with Crippen molar-refractivity contribution < 1.29 is 5.11 Å². The highest BCUT2D eigenvalue weighted by atomic mass is 16.3. The lowest BCUT2D eigenvalue weighted by Gasteiger charge is -2.12. The molecule has 0 saturated heterocycles. The van der Waals surface area contributed by atoms with E-state index in [1.807, 2.05) is 30.3 Å². The van der Waals surface area contributed by atoms with Crippen LogP contribution in [0, 0.1) is 19.3 Å². The molecule has 2 aromatic carbocycles. The van der Waals surface area contributed by atoms with Crippen LogP contribution in [0.15, 0.2) is 48.5 Å². The molecule has 0 amide bonds. The van der Waals surface area contributed by atoms with E-state index in [1.54, 1.807) is 0 Å². The second-order valence-electron chi connectivity index (χ2n) is 4.34. The van der Waals surface area contributed by atoms with Crippen molar-refractivity contribution in [1.29, 1.82) is 0 Å². The van der Waals surface area contributed by atoms with Gasteiger partial charge in [0.1, 0.15) is 6.10 Å². The largest absolute Gasteiger partial charge is 0.380 e. The normalized spacial score (nSPS) is 11.8. The Morgan fingerprint density at radius 2 is 1.83 bits per heavy atom. The molecule has 0 spiro atoms. The number of benzene rings is 2. The van der Waals surface area contributed by atoms with Crippen molar-refractivity contribution in [1.82, 2.24) is 0 Å². The monoisotopic (exact) mass is 236 g/mol. The van der Waals surface area contributed by atoms with Crippen LogP contribution in [0.5, 0.6) is 0 Å². The van der Waals surface area contributed by atoms with Crippen molar-refractivity contribution in [2.24, 2.45) is 0 Å². The average Bonchev–Trinajstić information content (AvgIpc) is 2.42. The van der Waals surface area contributed by atoms with Gasteiger partial charge in [0.25, 0.3) is 0 Å². The fourth-order valence-corrected chi connectivity index (χ4v) is 2.10. The van der Waals surface area contributed by atoms with Gasteiger partial charge in [-0.3, -0.25) is 0 Å². The minimum atomic E-state index is -0.713. The summed E-state index contributed by atoms with van der Waals surface area (Å²) in [6.07, 6.45) is 5.01. The molecular formula is C17H16O. The van der Waals surface area contributed by atoms with Gasteiger partial charge in [0, 0.05) is 6.42 Å². The van der Waals surface area contributed by atoms with Gasteiger partial charge >= 0.3 is 0 Å². The molecule has 0 bridgehead atoms. The van der Waals surface area contributed by atoms with Crippen molar-refractivity contribution in [3.05, 3.63) is 59.7 Å². The summed E-state index contributed by atoms with van der Waals surface area (Å²) >= 11 is 0. The van der Waals surface area contributed by atoms with E-state index in [1.165, 1.54) is 16.7 Å². The van der Waals surface area contributed by atoms with Crippen molar-refractivity contribution >= 4 is 0 Å². The molecule has 2 aromatic rings. The third-order valence-corrected chi connectivity index (χ3v) is 3.14. The van der Waals surface area contributed by atoms with Gasteiger partial charge in [0.05, 0.1) is 0 Å². The van der Waals surface area contributed by atoms with Gasteiger partial charge in [0.2, 0.25) is 0 Å². The number of rotatable bonds is 3. The molecular weight excluding hydrogens is 220 g/mol. The molecule has 0 fully saturated rings. The zero-order valence-electron chi connectivity index (χ0n) is 10.4. The quantitative estimate of drug-likeness (QED) is 0.811. The molecule has 0 aliphatic rings. The highest BCUT2D eigenvalue weighted by Gasteiger charge is 2.08. The number of aliphatic hydroxyl groups excluding tert-OH is 1. The maximum atomic E-state index is 9.56. The smallest absolute Gasteiger partial charge is 0.118 e. The third-order valence-electron chi connectivity index (χ3n) is 3.14. The standard InChI is InChI=1S/C17H16O/c1-3-16(18)12-15-10-7-11-17(13(15)2)14-8-5-4-6-9-14/h1,4-11,16,18H,12H2,2H3. The van der Waals surface area contributed by atoms with Crippen molar-refractivity contribution in [2.45, 2.75) is 19.4 Å². The van der Waals surface area contributed by atoms with Crippen LogP contribution in [0.2, 0.25) is 0 Å². The van der Waals surface area contributed by atoms with E-state index in [9.17, 15) is 5.11 Å². The molecule has 0 aromatic heterocycles. The summed E-state index contributed by atoms with van der Waals surface area (Å²) in [5.41, 5.74) is 4.66. The fourth-order valence-electron chi connectivity index (χ4n) is 2.10. The van der Waals surface area contributed by atoms with Crippen LogP contribution < -0.4 is 0 Å². The Morgan fingerprint density at radius 3 is 2.50 bits per heavy atom. The summed E-state index contributed by atoms with van der Waals surface area (Å²) in [5, 5.41) is 9.56. The Morgan fingerprint density at radius 1 is 1.11 bits per heavy atom. The summed E-state index contributed by atoms with van der Waals surface area (Å²) in [7, 11) is 0. The third kappa shape index (κ3) is 2.61. The lowest BCUT2D eigenvalue weighted by atomic mass is 9.94. The first kappa shape index (κ1) is 12.4.